The summed E-state index contributed by atoms with van der Waals surface area (Å²) in [4.78, 5) is 23.6. The average molecular weight is 355 g/mol. The van der Waals surface area contributed by atoms with E-state index in [1.54, 1.807) is 49.6 Å². The zero-order chi connectivity index (χ0) is 18.9. The van der Waals surface area contributed by atoms with Gasteiger partial charge in [0.15, 0.2) is 11.5 Å². The van der Waals surface area contributed by atoms with Crippen molar-refractivity contribution in [2.24, 2.45) is 0 Å². The smallest absolute Gasteiger partial charge is 0.337 e. The molecule has 0 heterocycles. The number of nitrogens with one attached hydrogen (secondary N) is 1. The predicted molar refractivity (Wildman–Crippen MR) is 99.6 cm³/mol. The molecule has 0 spiro atoms. The second kappa shape index (κ2) is 9.27. The fraction of sp³-hybridized carbons (Fsp3) is 0.200. The van der Waals surface area contributed by atoms with Crippen LogP contribution in [0.15, 0.2) is 48.5 Å². The molecule has 26 heavy (non-hydrogen) atoms. The molecule has 0 unspecified atom stereocenters. The van der Waals surface area contributed by atoms with E-state index < -0.39 is 5.97 Å². The SMILES string of the molecule is CCOc1cc(/C=C/C(=O)Nc2cccc(C(=O)OC)c2)ccc1OC. The van der Waals surface area contributed by atoms with Gasteiger partial charge in [-0.2, -0.15) is 0 Å². The summed E-state index contributed by atoms with van der Waals surface area (Å²) in [6.07, 6.45) is 3.07. The molecule has 2 aromatic rings. The van der Waals surface area contributed by atoms with Gasteiger partial charge in [0, 0.05) is 11.8 Å². The number of amides is 1. The molecular weight excluding hydrogens is 334 g/mol. The number of anilines is 1. The number of rotatable bonds is 7. The summed E-state index contributed by atoms with van der Waals surface area (Å²) in [6, 6.07) is 11.9. The van der Waals surface area contributed by atoms with Crippen molar-refractivity contribution in [2.45, 2.75) is 6.92 Å². The molecule has 1 amide bonds. The number of carbonyl (C=O) groups is 2. The highest BCUT2D eigenvalue weighted by molar-refractivity contribution is 6.02. The van der Waals surface area contributed by atoms with Gasteiger partial charge < -0.3 is 19.5 Å². The average Bonchev–Trinajstić information content (AvgIpc) is 2.66. The molecule has 2 aromatic carbocycles. The van der Waals surface area contributed by atoms with Crippen molar-refractivity contribution in [3.8, 4) is 11.5 Å². The van der Waals surface area contributed by atoms with E-state index in [4.69, 9.17) is 9.47 Å². The van der Waals surface area contributed by atoms with E-state index in [1.807, 2.05) is 13.0 Å². The Morgan fingerprint density at radius 3 is 2.58 bits per heavy atom. The van der Waals surface area contributed by atoms with Gasteiger partial charge in [-0.05, 0) is 48.9 Å². The minimum absolute atomic E-state index is 0.319. The second-order valence-corrected chi connectivity index (χ2v) is 5.24. The number of ether oxygens (including phenoxy) is 3. The third kappa shape index (κ3) is 5.11. The molecule has 0 aliphatic rings. The zero-order valence-electron chi connectivity index (χ0n) is 14.9. The minimum atomic E-state index is -0.460. The quantitative estimate of drug-likeness (QED) is 0.607. The molecule has 2 rings (SSSR count). The van der Waals surface area contributed by atoms with Crippen LogP contribution >= 0.6 is 0 Å². The maximum atomic E-state index is 12.1. The lowest BCUT2D eigenvalue weighted by atomic mass is 10.1. The van der Waals surface area contributed by atoms with Crippen LogP contribution in [0.3, 0.4) is 0 Å². The third-order valence-electron chi connectivity index (χ3n) is 3.47. The first-order valence-electron chi connectivity index (χ1n) is 8.05. The Morgan fingerprint density at radius 1 is 1.08 bits per heavy atom. The van der Waals surface area contributed by atoms with Crippen LogP contribution in [-0.4, -0.2) is 32.7 Å². The molecule has 0 aliphatic heterocycles. The van der Waals surface area contributed by atoms with E-state index in [-0.39, 0.29) is 5.91 Å². The van der Waals surface area contributed by atoms with E-state index in [2.05, 4.69) is 10.1 Å². The molecule has 0 atom stereocenters. The van der Waals surface area contributed by atoms with E-state index >= 15 is 0 Å². The van der Waals surface area contributed by atoms with E-state index in [9.17, 15) is 9.59 Å². The van der Waals surface area contributed by atoms with Gasteiger partial charge in [0.2, 0.25) is 5.91 Å². The van der Waals surface area contributed by atoms with Crippen molar-refractivity contribution in [1.82, 2.24) is 0 Å². The van der Waals surface area contributed by atoms with Crippen LogP contribution in [0.25, 0.3) is 6.08 Å². The highest BCUT2D eigenvalue weighted by atomic mass is 16.5. The van der Waals surface area contributed by atoms with Crippen molar-refractivity contribution < 1.29 is 23.8 Å². The number of benzene rings is 2. The summed E-state index contributed by atoms with van der Waals surface area (Å²) in [5.74, 6) is 0.468. The summed E-state index contributed by atoms with van der Waals surface area (Å²) in [7, 11) is 2.88. The highest BCUT2D eigenvalue weighted by Crippen LogP contribution is 2.28. The van der Waals surface area contributed by atoms with E-state index in [0.29, 0.717) is 29.4 Å². The Bertz CT molecular complexity index is 814. The summed E-state index contributed by atoms with van der Waals surface area (Å²) >= 11 is 0. The Kier molecular flexibility index (Phi) is 6.79. The van der Waals surface area contributed by atoms with Crippen LogP contribution in [-0.2, 0) is 9.53 Å². The van der Waals surface area contributed by atoms with E-state index in [1.165, 1.54) is 13.2 Å². The first-order chi connectivity index (χ1) is 12.6. The maximum absolute atomic E-state index is 12.1. The topological polar surface area (TPSA) is 73.9 Å². The van der Waals surface area contributed by atoms with Gasteiger partial charge in [-0.25, -0.2) is 4.79 Å². The van der Waals surface area contributed by atoms with Gasteiger partial charge in [0.05, 0.1) is 26.4 Å². The van der Waals surface area contributed by atoms with Crippen molar-refractivity contribution in [3.05, 3.63) is 59.7 Å². The first-order valence-corrected chi connectivity index (χ1v) is 8.05. The number of methoxy groups -OCH3 is 2. The van der Waals surface area contributed by atoms with Crippen molar-refractivity contribution in [1.29, 1.82) is 0 Å². The Labute approximate surface area is 152 Å². The molecule has 136 valence electrons. The molecule has 0 bridgehead atoms. The number of hydrogen-bond donors (Lipinski definition) is 1. The molecule has 6 heteroatoms. The maximum Gasteiger partial charge on any atom is 0.337 e. The fourth-order valence-electron chi connectivity index (χ4n) is 2.26. The molecule has 0 fully saturated rings. The molecule has 1 N–H and O–H groups in total. The third-order valence-corrected chi connectivity index (χ3v) is 3.47. The lowest BCUT2D eigenvalue weighted by molar-refractivity contribution is -0.111. The second-order valence-electron chi connectivity index (χ2n) is 5.24. The van der Waals surface area contributed by atoms with Crippen LogP contribution in [0.2, 0.25) is 0 Å². The van der Waals surface area contributed by atoms with Gasteiger partial charge in [-0.1, -0.05) is 12.1 Å². The molecule has 6 nitrogen and oxygen atoms in total. The van der Waals surface area contributed by atoms with Crippen molar-refractivity contribution in [2.75, 3.05) is 26.1 Å². The van der Waals surface area contributed by atoms with Gasteiger partial charge in [-0.15, -0.1) is 0 Å². The fourth-order valence-corrected chi connectivity index (χ4v) is 2.26. The lowest BCUT2D eigenvalue weighted by Gasteiger charge is -2.09. The van der Waals surface area contributed by atoms with E-state index in [0.717, 1.165) is 5.56 Å². The predicted octanol–water partition coefficient (Wildman–Crippen LogP) is 3.53. The number of hydrogen-bond acceptors (Lipinski definition) is 5. The van der Waals surface area contributed by atoms with Crippen LogP contribution < -0.4 is 14.8 Å². The number of carbonyl (C=O) groups excluding carboxylic acids is 2. The summed E-state index contributed by atoms with van der Waals surface area (Å²) in [6.45, 7) is 2.40. The molecule has 0 radical (unpaired) electrons. The summed E-state index contributed by atoms with van der Waals surface area (Å²) in [5.41, 5.74) is 1.67. The standard InChI is InChI=1S/C20H21NO5/c1-4-26-18-12-14(8-10-17(18)24-2)9-11-19(22)21-16-7-5-6-15(13-16)20(23)25-3/h5-13H,4H2,1-3H3,(H,21,22)/b11-9+. The number of esters is 1. The van der Waals surface area contributed by atoms with Gasteiger partial charge >= 0.3 is 5.97 Å². The Balaban J connectivity index is 2.08. The van der Waals surface area contributed by atoms with Crippen LogP contribution in [0.1, 0.15) is 22.8 Å². The van der Waals surface area contributed by atoms with Crippen molar-refractivity contribution in [3.63, 3.8) is 0 Å². The Hall–Kier alpha value is -3.28. The zero-order valence-corrected chi connectivity index (χ0v) is 14.9. The normalized spacial score (nSPS) is 10.4. The summed E-state index contributed by atoms with van der Waals surface area (Å²) < 4.78 is 15.4. The minimum Gasteiger partial charge on any atom is -0.493 e. The van der Waals surface area contributed by atoms with Gasteiger partial charge in [-0.3, -0.25) is 4.79 Å². The summed E-state index contributed by atoms with van der Waals surface area (Å²) in [5, 5.41) is 2.70. The lowest BCUT2D eigenvalue weighted by Crippen LogP contribution is -2.09. The van der Waals surface area contributed by atoms with Crippen LogP contribution in [0, 0.1) is 0 Å². The molecule has 0 aliphatic carbocycles. The molecular formula is C20H21NO5. The van der Waals surface area contributed by atoms with Crippen LogP contribution in [0.4, 0.5) is 5.69 Å². The monoisotopic (exact) mass is 355 g/mol. The molecule has 0 aromatic heterocycles. The Morgan fingerprint density at radius 2 is 1.88 bits per heavy atom. The van der Waals surface area contributed by atoms with Crippen molar-refractivity contribution >= 4 is 23.6 Å². The first kappa shape index (κ1) is 19.1. The van der Waals surface area contributed by atoms with Gasteiger partial charge in [0.25, 0.3) is 0 Å². The highest BCUT2D eigenvalue weighted by Gasteiger charge is 2.07. The molecule has 0 saturated heterocycles. The van der Waals surface area contributed by atoms with Gasteiger partial charge in [0.1, 0.15) is 0 Å². The largest absolute Gasteiger partial charge is 0.493 e. The van der Waals surface area contributed by atoms with Crippen LogP contribution in [0.5, 0.6) is 11.5 Å². The molecule has 0 saturated carbocycles.